The molecule has 3 N–H and O–H groups in total. The van der Waals surface area contributed by atoms with Crippen molar-refractivity contribution >= 4 is 5.97 Å². The van der Waals surface area contributed by atoms with Gasteiger partial charge in [0.05, 0.1) is 7.11 Å². The van der Waals surface area contributed by atoms with Crippen molar-refractivity contribution in [2.45, 2.75) is 46.6 Å². The summed E-state index contributed by atoms with van der Waals surface area (Å²) in [6.45, 7) is 6.56. The van der Waals surface area contributed by atoms with E-state index in [1.807, 2.05) is 0 Å². The number of hydrogen-bond acceptors (Lipinski definition) is 3. The fraction of sp³-hybridized carbons (Fsp3) is 0.562. The highest BCUT2D eigenvalue weighted by Crippen LogP contribution is 2.21. The molecule has 1 aromatic rings. The molecule has 120 valence electrons. The van der Waals surface area contributed by atoms with Crippen molar-refractivity contribution < 1.29 is 19.0 Å². The van der Waals surface area contributed by atoms with Crippen LogP contribution in [0.3, 0.4) is 0 Å². The first-order chi connectivity index (χ1) is 9.71. The van der Waals surface area contributed by atoms with Crippen molar-refractivity contribution in [1.29, 1.82) is 0 Å². The number of methoxy groups -OCH3 is 1. The van der Waals surface area contributed by atoms with Gasteiger partial charge in [0.2, 0.25) is 0 Å². The van der Waals surface area contributed by atoms with Gasteiger partial charge in [-0.1, -0.05) is 32.9 Å². The number of carbonyl (C=O) groups is 1. The average molecular weight is 299 g/mol. The van der Waals surface area contributed by atoms with E-state index in [4.69, 9.17) is 15.6 Å². The van der Waals surface area contributed by atoms with E-state index in [1.165, 1.54) is 7.11 Å². The Kier molecular flexibility index (Phi) is 8.62. The van der Waals surface area contributed by atoms with E-state index in [-0.39, 0.29) is 23.5 Å². The molecule has 1 rings (SSSR count). The van der Waals surface area contributed by atoms with Crippen molar-refractivity contribution in [2.75, 3.05) is 7.11 Å². The summed E-state index contributed by atoms with van der Waals surface area (Å²) in [4.78, 5) is 10.1. The van der Waals surface area contributed by atoms with Crippen LogP contribution in [0.25, 0.3) is 0 Å². The number of benzene rings is 1. The predicted octanol–water partition coefficient (Wildman–Crippen LogP) is 3.58. The highest BCUT2D eigenvalue weighted by Gasteiger charge is 2.10. The number of carboxylic acids is 1. The summed E-state index contributed by atoms with van der Waals surface area (Å²) in [7, 11) is 1.43. The minimum atomic E-state index is -0.691. The molecule has 0 bridgehead atoms. The first kappa shape index (κ1) is 19.4. The van der Waals surface area contributed by atoms with Crippen molar-refractivity contribution in [3.05, 3.63) is 29.6 Å². The van der Waals surface area contributed by atoms with Crippen LogP contribution < -0.4 is 10.5 Å². The van der Waals surface area contributed by atoms with Gasteiger partial charge in [-0.3, -0.25) is 4.79 Å². The molecule has 0 aromatic heterocycles. The summed E-state index contributed by atoms with van der Waals surface area (Å²) in [5.41, 5.74) is 6.03. The van der Waals surface area contributed by atoms with E-state index >= 15 is 0 Å². The van der Waals surface area contributed by atoms with E-state index in [0.717, 1.165) is 12.8 Å². The second-order valence-corrected chi connectivity index (χ2v) is 5.95. The van der Waals surface area contributed by atoms with Crippen molar-refractivity contribution in [2.24, 2.45) is 11.1 Å². The van der Waals surface area contributed by atoms with Crippen LogP contribution in [0.15, 0.2) is 18.2 Å². The lowest BCUT2D eigenvalue weighted by molar-refractivity contribution is -0.137. The second kappa shape index (κ2) is 9.34. The molecule has 1 aromatic carbocycles. The minimum absolute atomic E-state index is 0.197. The quantitative estimate of drug-likeness (QED) is 0.871. The van der Waals surface area contributed by atoms with Crippen LogP contribution >= 0.6 is 0 Å². The van der Waals surface area contributed by atoms with E-state index < -0.39 is 5.97 Å². The van der Waals surface area contributed by atoms with Crippen LogP contribution in [0, 0.1) is 11.2 Å². The van der Waals surface area contributed by atoms with Gasteiger partial charge in [-0.15, -0.1) is 0 Å². The number of carboxylic acid groups (broad SMARTS) is 1. The van der Waals surface area contributed by atoms with E-state index in [9.17, 15) is 9.18 Å². The molecule has 0 amide bonds. The third-order valence-electron chi connectivity index (χ3n) is 2.80. The maximum atomic E-state index is 13.1. The third-order valence-corrected chi connectivity index (χ3v) is 2.80. The molecule has 4 nitrogen and oxygen atoms in total. The number of rotatable bonds is 5. The van der Waals surface area contributed by atoms with Gasteiger partial charge in [-0.25, -0.2) is 4.39 Å². The summed E-state index contributed by atoms with van der Waals surface area (Å²) in [5.74, 6) is -0.810. The van der Waals surface area contributed by atoms with Crippen molar-refractivity contribution in [3.63, 3.8) is 0 Å². The van der Waals surface area contributed by atoms with Crippen LogP contribution in [0.5, 0.6) is 5.75 Å². The molecule has 0 aliphatic carbocycles. The molecule has 0 saturated carbocycles. The molecular formula is C16H26FNO3. The third kappa shape index (κ3) is 9.02. The average Bonchev–Trinajstić information content (AvgIpc) is 2.38. The highest BCUT2D eigenvalue weighted by molar-refractivity contribution is 5.66. The number of halogens is 1. The maximum Gasteiger partial charge on any atom is 0.303 e. The summed E-state index contributed by atoms with van der Waals surface area (Å²) in [6.07, 6.45) is 2.08. The second-order valence-electron chi connectivity index (χ2n) is 5.95. The molecule has 0 fully saturated rings. The smallest absolute Gasteiger partial charge is 0.303 e. The Labute approximate surface area is 126 Å². The summed E-state index contributed by atoms with van der Waals surface area (Å²) < 4.78 is 17.8. The Hall–Kier alpha value is -1.62. The van der Waals surface area contributed by atoms with Gasteiger partial charge >= 0.3 is 5.97 Å². The summed E-state index contributed by atoms with van der Waals surface area (Å²) in [5, 5.41) is 8.31. The van der Waals surface area contributed by atoms with Gasteiger partial charge in [0.15, 0.2) is 11.6 Å². The number of nitrogens with two attached hydrogens (primary N) is 1. The predicted molar refractivity (Wildman–Crippen MR) is 81.8 cm³/mol. The van der Waals surface area contributed by atoms with Gasteiger partial charge in [-0.2, -0.15) is 0 Å². The molecule has 0 spiro atoms. The molecule has 0 atom stereocenters. The Morgan fingerprint density at radius 3 is 2.43 bits per heavy atom. The number of hydrogen-bond donors (Lipinski definition) is 2. The van der Waals surface area contributed by atoms with Crippen LogP contribution in [0.1, 0.15) is 45.6 Å². The minimum Gasteiger partial charge on any atom is -0.494 e. The maximum absolute atomic E-state index is 13.1. The van der Waals surface area contributed by atoms with Gasteiger partial charge < -0.3 is 15.6 Å². The number of ether oxygens (including phenoxy) is 1. The van der Waals surface area contributed by atoms with Gasteiger partial charge in [-0.05, 0) is 24.3 Å². The zero-order valence-corrected chi connectivity index (χ0v) is 13.3. The monoisotopic (exact) mass is 299 g/mol. The van der Waals surface area contributed by atoms with Crippen LogP contribution in [-0.4, -0.2) is 18.2 Å². The molecule has 21 heavy (non-hydrogen) atoms. The van der Waals surface area contributed by atoms with Crippen LogP contribution in [-0.2, 0) is 11.3 Å². The summed E-state index contributed by atoms with van der Waals surface area (Å²) in [6, 6.07) is 4.91. The zero-order chi connectivity index (χ0) is 16.5. The largest absolute Gasteiger partial charge is 0.494 e. The fourth-order valence-corrected chi connectivity index (χ4v) is 1.64. The normalized spacial score (nSPS) is 10.6. The van der Waals surface area contributed by atoms with Gasteiger partial charge in [0.25, 0.3) is 0 Å². The van der Waals surface area contributed by atoms with E-state index in [2.05, 4.69) is 20.8 Å². The highest BCUT2D eigenvalue weighted by atomic mass is 19.1. The molecule has 0 radical (unpaired) electrons. The molecule has 0 unspecified atom stereocenters. The van der Waals surface area contributed by atoms with E-state index in [1.54, 1.807) is 18.2 Å². The van der Waals surface area contributed by atoms with Gasteiger partial charge in [0, 0.05) is 18.5 Å². The molecule has 5 heteroatoms. The van der Waals surface area contributed by atoms with Crippen molar-refractivity contribution in [3.8, 4) is 5.75 Å². The SMILES string of the molecule is CC(C)(C)CCCC(=O)O.COc1cccc(CN)c1F. The van der Waals surface area contributed by atoms with Crippen LogP contribution in [0.4, 0.5) is 4.39 Å². The molecule has 0 aliphatic heterocycles. The topological polar surface area (TPSA) is 72.5 Å². The lowest BCUT2D eigenvalue weighted by Crippen LogP contribution is -2.05. The molecular weight excluding hydrogens is 273 g/mol. The standard InChI is InChI=1S/C8H10FNO.C8H16O2/c1-11-7-4-2-3-6(5-10)8(7)9;1-8(2,3)6-4-5-7(9)10/h2-4H,5,10H2,1H3;4-6H2,1-3H3,(H,9,10). The Bertz CT molecular complexity index is 419. The zero-order valence-electron chi connectivity index (χ0n) is 13.3. The van der Waals surface area contributed by atoms with Crippen LogP contribution in [0.2, 0.25) is 0 Å². The van der Waals surface area contributed by atoms with E-state index in [0.29, 0.717) is 12.0 Å². The molecule has 0 aliphatic rings. The fourth-order valence-electron chi connectivity index (χ4n) is 1.64. The van der Waals surface area contributed by atoms with Crippen molar-refractivity contribution in [1.82, 2.24) is 0 Å². The molecule has 0 heterocycles. The Morgan fingerprint density at radius 1 is 1.38 bits per heavy atom. The first-order valence-electron chi connectivity index (χ1n) is 6.94. The summed E-state index contributed by atoms with van der Waals surface area (Å²) >= 11 is 0. The Balaban J connectivity index is 0.000000384. The number of aliphatic carboxylic acids is 1. The Morgan fingerprint density at radius 2 is 2.00 bits per heavy atom. The molecule has 0 saturated heterocycles. The lowest BCUT2D eigenvalue weighted by Gasteiger charge is -2.16. The van der Waals surface area contributed by atoms with Gasteiger partial charge in [0.1, 0.15) is 0 Å². The first-order valence-corrected chi connectivity index (χ1v) is 6.94. The lowest BCUT2D eigenvalue weighted by atomic mass is 9.90.